The predicted octanol–water partition coefficient (Wildman–Crippen LogP) is 1.35. The number of likely N-dealkylation sites (N-methyl/N-ethyl adjacent to an activating group) is 1. The molecule has 2 N–H and O–H groups in total. The van der Waals surface area contributed by atoms with Gasteiger partial charge in [-0.05, 0) is 23.6 Å². The second-order valence-corrected chi connectivity index (χ2v) is 4.79. The van der Waals surface area contributed by atoms with E-state index in [9.17, 15) is 4.79 Å². The van der Waals surface area contributed by atoms with Gasteiger partial charge in [0.2, 0.25) is 5.91 Å². The van der Waals surface area contributed by atoms with Crippen molar-refractivity contribution < 1.29 is 4.79 Å². The maximum absolute atomic E-state index is 11.9. The van der Waals surface area contributed by atoms with Crippen LogP contribution in [0.15, 0.2) is 18.2 Å². The van der Waals surface area contributed by atoms with Crippen LogP contribution < -0.4 is 10.6 Å². The van der Waals surface area contributed by atoms with Crippen LogP contribution in [0.25, 0.3) is 0 Å². The fourth-order valence-corrected chi connectivity index (χ4v) is 2.61. The summed E-state index contributed by atoms with van der Waals surface area (Å²) in [5.41, 5.74) is 3.77. The Kier molecular flexibility index (Phi) is 3.78. The summed E-state index contributed by atoms with van der Waals surface area (Å²) in [7, 11) is 1.86. The van der Waals surface area contributed by atoms with E-state index in [0.29, 0.717) is 0 Å². The Bertz CT molecular complexity index is 464. The van der Waals surface area contributed by atoms with Gasteiger partial charge in [-0.2, -0.15) is 0 Å². The van der Waals surface area contributed by atoms with E-state index in [1.54, 1.807) is 4.90 Å². The van der Waals surface area contributed by atoms with Gasteiger partial charge in [-0.25, -0.2) is 0 Å². The summed E-state index contributed by atoms with van der Waals surface area (Å²) >= 11 is 0. The molecular formula is C13H18ClN3O. The van der Waals surface area contributed by atoms with Gasteiger partial charge >= 0.3 is 0 Å². The lowest BCUT2D eigenvalue weighted by molar-refractivity contribution is -0.127. The van der Waals surface area contributed by atoms with Crippen LogP contribution in [-0.4, -0.2) is 30.4 Å². The number of amides is 1. The molecule has 0 unspecified atom stereocenters. The van der Waals surface area contributed by atoms with Crippen LogP contribution in [0.2, 0.25) is 0 Å². The normalized spacial score (nSPS) is 21.7. The summed E-state index contributed by atoms with van der Waals surface area (Å²) < 4.78 is 0. The maximum atomic E-state index is 11.9. The molecule has 0 aliphatic carbocycles. The quantitative estimate of drug-likeness (QED) is 0.850. The minimum absolute atomic E-state index is 0. The van der Waals surface area contributed by atoms with Gasteiger partial charge < -0.3 is 15.5 Å². The average Bonchev–Trinajstić information content (AvgIpc) is 2.91. The van der Waals surface area contributed by atoms with Gasteiger partial charge in [0.15, 0.2) is 0 Å². The van der Waals surface area contributed by atoms with Gasteiger partial charge in [-0.3, -0.25) is 4.79 Å². The van der Waals surface area contributed by atoms with Crippen molar-refractivity contribution in [2.75, 3.05) is 18.9 Å². The van der Waals surface area contributed by atoms with E-state index < -0.39 is 0 Å². The zero-order valence-corrected chi connectivity index (χ0v) is 11.2. The van der Waals surface area contributed by atoms with Crippen molar-refractivity contribution in [1.29, 1.82) is 0 Å². The van der Waals surface area contributed by atoms with E-state index in [2.05, 4.69) is 28.8 Å². The molecule has 2 heterocycles. The highest BCUT2D eigenvalue weighted by atomic mass is 35.5. The van der Waals surface area contributed by atoms with Crippen molar-refractivity contribution in [1.82, 2.24) is 10.2 Å². The molecule has 0 spiro atoms. The van der Waals surface area contributed by atoms with Crippen molar-refractivity contribution >= 4 is 24.0 Å². The molecule has 0 saturated carbocycles. The van der Waals surface area contributed by atoms with Crippen LogP contribution in [0.5, 0.6) is 0 Å². The zero-order chi connectivity index (χ0) is 11.8. The molecule has 18 heavy (non-hydrogen) atoms. The van der Waals surface area contributed by atoms with E-state index >= 15 is 0 Å². The summed E-state index contributed by atoms with van der Waals surface area (Å²) in [6.07, 6.45) is 0.895. The topological polar surface area (TPSA) is 44.4 Å². The maximum Gasteiger partial charge on any atom is 0.244 e. The van der Waals surface area contributed by atoms with Crippen LogP contribution in [0.3, 0.4) is 0 Å². The SMILES string of the molecule is CN1CC[C@@H](Nc2cccc3c2CNC3)C1=O.Cl. The highest BCUT2D eigenvalue weighted by molar-refractivity contribution is 5.86. The molecule has 0 bridgehead atoms. The summed E-state index contributed by atoms with van der Waals surface area (Å²) in [5.74, 6) is 0.202. The molecule has 5 heteroatoms. The molecular weight excluding hydrogens is 250 g/mol. The van der Waals surface area contributed by atoms with E-state index in [1.807, 2.05) is 7.05 Å². The monoisotopic (exact) mass is 267 g/mol. The lowest BCUT2D eigenvalue weighted by Gasteiger charge is -2.16. The number of nitrogens with zero attached hydrogens (tertiary/aromatic N) is 1. The fraction of sp³-hybridized carbons (Fsp3) is 0.462. The second-order valence-electron chi connectivity index (χ2n) is 4.79. The average molecular weight is 268 g/mol. The Balaban J connectivity index is 0.00000120. The number of fused-ring (bicyclic) bond motifs is 1. The van der Waals surface area contributed by atoms with Crippen LogP contribution >= 0.6 is 12.4 Å². The summed E-state index contributed by atoms with van der Waals surface area (Å²) in [6.45, 7) is 2.68. The molecule has 1 atom stereocenters. The van der Waals surface area contributed by atoms with Gasteiger partial charge in [-0.15, -0.1) is 12.4 Å². The van der Waals surface area contributed by atoms with E-state index in [-0.39, 0.29) is 24.4 Å². The van der Waals surface area contributed by atoms with Crippen LogP contribution in [-0.2, 0) is 17.9 Å². The highest BCUT2D eigenvalue weighted by Crippen LogP contribution is 2.26. The van der Waals surface area contributed by atoms with Gasteiger partial charge in [0, 0.05) is 32.4 Å². The summed E-state index contributed by atoms with van der Waals surface area (Å²) in [6, 6.07) is 6.21. The summed E-state index contributed by atoms with van der Waals surface area (Å²) in [4.78, 5) is 13.6. The van der Waals surface area contributed by atoms with Gasteiger partial charge in [-0.1, -0.05) is 12.1 Å². The first-order valence-electron chi connectivity index (χ1n) is 6.09. The molecule has 1 aromatic carbocycles. The highest BCUT2D eigenvalue weighted by Gasteiger charge is 2.29. The van der Waals surface area contributed by atoms with Crippen molar-refractivity contribution in [2.24, 2.45) is 0 Å². The number of benzene rings is 1. The predicted molar refractivity (Wildman–Crippen MR) is 73.9 cm³/mol. The van der Waals surface area contributed by atoms with Crippen molar-refractivity contribution in [2.45, 2.75) is 25.6 Å². The summed E-state index contributed by atoms with van der Waals surface area (Å²) in [5, 5.41) is 6.73. The van der Waals surface area contributed by atoms with Crippen molar-refractivity contribution in [3.8, 4) is 0 Å². The number of nitrogens with one attached hydrogen (secondary N) is 2. The third kappa shape index (κ3) is 2.18. The Labute approximate surface area is 113 Å². The molecule has 3 rings (SSSR count). The van der Waals surface area contributed by atoms with E-state index in [4.69, 9.17) is 0 Å². The number of carbonyl (C=O) groups excluding carboxylic acids is 1. The van der Waals surface area contributed by atoms with Crippen molar-refractivity contribution in [3.63, 3.8) is 0 Å². The largest absolute Gasteiger partial charge is 0.373 e. The number of hydrogen-bond donors (Lipinski definition) is 2. The molecule has 1 aromatic rings. The lowest BCUT2D eigenvalue weighted by Crippen LogP contribution is -2.31. The fourth-order valence-electron chi connectivity index (χ4n) is 2.61. The Morgan fingerprint density at radius 1 is 1.39 bits per heavy atom. The molecule has 2 aliphatic rings. The second kappa shape index (κ2) is 5.16. The smallest absolute Gasteiger partial charge is 0.244 e. The molecule has 1 fully saturated rings. The minimum atomic E-state index is -0.0490. The van der Waals surface area contributed by atoms with Gasteiger partial charge in [0.05, 0.1) is 0 Å². The Morgan fingerprint density at radius 3 is 2.94 bits per heavy atom. The van der Waals surface area contributed by atoms with Crippen LogP contribution in [0.1, 0.15) is 17.5 Å². The number of hydrogen-bond acceptors (Lipinski definition) is 3. The number of anilines is 1. The Hall–Kier alpha value is -1.26. The first kappa shape index (κ1) is 13.2. The number of halogens is 1. The van der Waals surface area contributed by atoms with Crippen molar-refractivity contribution in [3.05, 3.63) is 29.3 Å². The van der Waals surface area contributed by atoms with E-state index in [1.165, 1.54) is 11.1 Å². The first-order valence-corrected chi connectivity index (χ1v) is 6.09. The standard InChI is InChI=1S/C13H17N3O.ClH/c1-16-6-5-12(13(16)17)15-11-4-2-3-9-7-14-8-10(9)11;/h2-4,12,14-15H,5-8H2,1H3;1H/t12-;/m1./s1. The van der Waals surface area contributed by atoms with Gasteiger partial charge in [0.1, 0.15) is 6.04 Å². The molecule has 1 saturated heterocycles. The minimum Gasteiger partial charge on any atom is -0.373 e. The molecule has 98 valence electrons. The lowest BCUT2D eigenvalue weighted by atomic mass is 10.1. The molecule has 0 aromatic heterocycles. The van der Waals surface area contributed by atoms with E-state index in [0.717, 1.165) is 31.7 Å². The third-order valence-electron chi connectivity index (χ3n) is 3.65. The number of rotatable bonds is 2. The molecule has 1 amide bonds. The molecule has 0 radical (unpaired) electrons. The Morgan fingerprint density at radius 2 is 2.22 bits per heavy atom. The number of carbonyl (C=O) groups is 1. The zero-order valence-electron chi connectivity index (χ0n) is 10.4. The third-order valence-corrected chi connectivity index (χ3v) is 3.65. The number of likely N-dealkylation sites (tertiary alicyclic amines) is 1. The van der Waals surface area contributed by atoms with Crippen LogP contribution in [0, 0.1) is 0 Å². The van der Waals surface area contributed by atoms with Gasteiger partial charge in [0.25, 0.3) is 0 Å². The van der Waals surface area contributed by atoms with Crippen LogP contribution in [0.4, 0.5) is 5.69 Å². The first-order chi connectivity index (χ1) is 8.25. The molecule has 2 aliphatic heterocycles. The molecule has 4 nitrogen and oxygen atoms in total.